The van der Waals surface area contributed by atoms with Crippen LogP contribution in [0.25, 0.3) is 11.0 Å². The van der Waals surface area contributed by atoms with Gasteiger partial charge in [0.05, 0.1) is 12.5 Å². The maximum absolute atomic E-state index is 12.6. The van der Waals surface area contributed by atoms with E-state index in [9.17, 15) is 21.6 Å². The molecular weight excluding hydrogens is 568 g/mol. The molecule has 4 heterocycles. The zero-order valence-electron chi connectivity index (χ0n) is 20.0. The number of H-pyrrole nitrogens is 1. The van der Waals surface area contributed by atoms with Gasteiger partial charge in [0.15, 0.2) is 0 Å². The summed E-state index contributed by atoms with van der Waals surface area (Å²) in [4.78, 5) is 32.8. The topological polar surface area (TPSA) is 230 Å². The van der Waals surface area contributed by atoms with Crippen molar-refractivity contribution in [3.8, 4) is 6.01 Å². The maximum Gasteiger partial charge on any atom is 0.413 e. The molecule has 2 fully saturated rings. The summed E-state index contributed by atoms with van der Waals surface area (Å²) in [7, 11) is -6.63. The van der Waals surface area contributed by atoms with E-state index >= 15 is 0 Å². The number of aromatic amines is 1. The molecule has 3 aromatic heterocycles. The summed E-state index contributed by atoms with van der Waals surface area (Å²) in [5.41, 5.74) is 0.858. The highest BCUT2D eigenvalue weighted by atomic mass is 32.3. The van der Waals surface area contributed by atoms with Crippen LogP contribution in [0, 0.1) is 11.8 Å². The molecule has 2 amide bonds. The molecule has 1 saturated heterocycles. The Morgan fingerprint density at radius 3 is 2.39 bits per heavy atom. The van der Waals surface area contributed by atoms with E-state index in [2.05, 4.69) is 45.2 Å². The van der Waals surface area contributed by atoms with E-state index in [0.29, 0.717) is 23.0 Å². The molecule has 20 heteroatoms. The van der Waals surface area contributed by atoms with E-state index < -0.39 is 20.8 Å². The van der Waals surface area contributed by atoms with Crippen LogP contribution in [0.1, 0.15) is 12.8 Å². The highest BCUT2D eigenvalue weighted by Crippen LogP contribution is 2.41. The van der Waals surface area contributed by atoms with Gasteiger partial charge in [0.25, 0.3) is 0 Å². The molecule has 208 valence electrons. The Morgan fingerprint density at radius 1 is 1.18 bits per heavy atom. The fourth-order valence-electron chi connectivity index (χ4n) is 4.69. The minimum absolute atomic E-state index is 0.118. The molecule has 5 rings (SSSR count). The van der Waals surface area contributed by atoms with Crippen LogP contribution in [0.5, 0.6) is 6.01 Å². The fraction of sp³-hybridized carbons (Fsp3) is 0.500. The monoisotopic (exact) mass is 592 g/mol. The zero-order chi connectivity index (χ0) is 27.7. The Morgan fingerprint density at radius 2 is 1.84 bits per heavy atom. The third-order valence-corrected chi connectivity index (χ3v) is 8.19. The number of carbonyl (C=O) groups excluding carboxylic acids is 1. The first-order chi connectivity index (χ1) is 17.8. The number of rotatable bonds is 6. The van der Waals surface area contributed by atoms with Gasteiger partial charge in [-0.2, -0.15) is 21.8 Å². The average molecular weight is 593 g/mol. The second-order valence-corrected chi connectivity index (χ2v) is 11.5. The van der Waals surface area contributed by atoms with Gasteiger partial charge in [-0.1, -0.05) is 0 Å². The van der Waals surface area contributed by atoms with Crippen molar-refractivity contribution >= 4 is 60.3 Å². The molecule has 1 saturated carbocycles. The molecule has 4 N–H and O–H groups in total. The minimum Gasteiger partial charge on any atom is -0.466 e. The Kier molecular flexibility index (Phi) is 7.99. The molecule has 1 aliphatic carbocycles. The molecule has 0 aromatic carbocycles. The number of methoxy groups -OCH3 is 1. The van der Waals surface area contributed by atoms with Crippen molar-refractivity contribution in [2.75, 3.05) is 37.5 Å². The van der Waals surface area contributed by atoms with Gasteiger partial charge >= 0.3 is 32.8 Å². The van der Waals surface area contributed by atoms with Gasteiger partial charge in [-0.15, -0.1) is 8.00 Å². The smallest absolute Gasteiger partial charge is 0.413 e. The predicted octanol–water partition coefficient (Wildman–Crippen LogP) is 0.805. The van der Waals surface area contributed by atoms with Crippen LogP contribution in [0.2, 0.25) is 0 Å². The SMILES string of the molecule is COc1nsc(NC(=O)N2C[C@H]3CC(N(C)c4ncnc5[nH]ccc45)C[C@H]3C2)n1.O=S(=O)(O)OS(=O)(=O)O. The minimum atomic E-state index is -5.12. The Balaban J connectivity index is 0.000000323. The first-order valence-corrected chi connectivity index (χ1v) is 14.4. The van der Waals surface area contributed by atoms with E-state index in [-0.39, 0.29) is 12.0 Å². The van der Waals surface area contributed by atoms with Crippen LogP contribution >= 0.6 is 11.5 Å². The molecule has 0 bridgehead atoms. The molecule has 3 aromatic rings. The van der Waals surface area contributed by atoms with Crippen LogP contribution in [0.4, 0.5) is 15.7 Å². The van der Waals surface area contributed by atoms with Crippen LogP contribution in [-0.2, 0) is 24.4 Å². The van der Waals surface area contributed by atoms with Crippen LogP contribution in [0.15, 0.2) is 18.6 Å². The van der Waals surface area contributed by atoms with Crippen molar-refractivity contribution in [1.82, 2.24) is 29.2 Å². The summed E-state index contributed by atoms with van der Waals surface area (Å²) in [5, 5.41) is 4.33. The zero-order valence-corrected chi connectivity index (χ0v) is 22.4. The van der Waals surface area contributed by atoms with Gasteiger partial charge in [-0.3, -0.25) is 14.4 Å². The normalized spacial score (nSPS) is 21.1. The molecular formula is C18H24N8O9S3. The highest BCUT2D eigenvalue weighted by Gasteiger charge is 2.44. The van der Waals surface area contributed by atoms with Crippen molar-refractivity contribution in [3.05, 3.63) is 18.6 Å². The second kappa shape index (κ2) is 10.9. The molecule has 38 heavy (non-hydrogen) atoms. The van der Waals surface area contributed by atoms with Crippen molar-refractivity contribution in [1.29, 1.82) is 0 Å². The van der Waals surface area contributed by atoms with E-state index in [1.165, 1.54) is 7.11 Å². The summed E-state index contributed by atoms with van der Waals surface area (Å²) < 4.78 is 64.5. The lowest BCUT2D eigenvalue weighted by Gasteiger charge is -2.27. The molecule has 1 aliphatic heterocycles. The number of ether oxygens (including phenoxy) is 1. The number of carbonyl (C=O) groups is 1. The molecule has 2 aliphatic rings. The number of hydrogen-bond donors (Lipinski definition) is 4. The lowest BCUT2D eigenvalue weighted by molar-refractivity contribution is 0.218. The molecule has 0 radical (unpaired) electrons. The Bertz CT molecular complexity index is 1470. The van der Waals surface area contributed by atoms with E-state index in [1.54, 1.807) is 6.33 Å². The van der Waals surface area contributed by atoms with Crippen molar-refractivity contribution in [2.24, 2.45) is 11.8 Å². The molecule has 17 nitrogen and oxygen atoms in total. The predicted molar refractivity (Wildman–Crippen MR) is 134 cm³/mol. The third kappa shape index (κ3) is 6.82. The van der Waals surface area contributed by atoms with Crippen molar-refractivity contribution < 1.29 is 39.1 Å². The van der Waals surface area contributed by atoms with Crippen molar-refractivity contribution in [2.45, 2.75) is 18.9 Å². The second-order valence-electron chi connectivity index (χ2n) is 8.54. The summed E-state index contributed by atoms with van der Waals surface area (Å²) in [6.45, 7) is 1.53. The van der Waals surface area contributed by atoms with E-state index in [0.717, 1.165) is 54.3 Å². The number of nitrogens with zero attached hydrogens (tertiary/aromatic N) is 6. The summed E-state index contributed by atoms with van der Waals surface area (Å²) in [6.07, 6.45) is 5.60. The molecule has 0 spiro atoms. The Labute approximate surface area is 221 Å². The number of fused-ring (bicyclic) bond motifs is 2. The van der Waals surface area contributed by atoms with Gasteiger partial charge in [0.2, 0.25) is 5.13 Å². The number of hydrogen-bond acceptors (Lipinski definition) is 13. The standard InChI is InChI=1S/C18H22N8O2S.H2O7S2/c1-25(15-13-3-4-19-14(13)20-9-21-15)12-5-10-7-26(8-11(10)6-12)18(27)23-17-22-16(28-2)24-29-17;1-8(2,3)7-9(4,5)6/h3-4,9-12H,5-8H2,1-2H3,(H,19,20,21)(H,22,23,24,27);(H,1,2,3)(H,4,5,6)/t10-,11+,12?;. The third-order valence-electron chi connectivity index (χ3n) is 6.20. The van der Waals surface area contributed by atoms with Crippen LogP contribution in [-0.4, -0.2) is 94.5 Å². The highest BCUT2D eigenvalue weighted by molar-refractivity contribution is 7.94. The summed E-state index contributed by atoms with van der Waals surface area (Å²) in [6, 6.07) is 2.59. The number of aromatic nitrogens is 5. The van der Waals surface area contributed by atoms with Crippen molar-refractivity contribution in [3.63, 3.8) is 0 Å². The van der Waals surface area contributed by atoms with Crippen LogP contribution in [0.3, 0.4) is 0 Å². The lowest BCUT2D eigenvalue weighted by Crippen LogP contribution is -2.36. The van der Waals surface area contributed by atoms with E-state index in [4.69, 9.17) is 13.8 Å². The summed E-state index contributed by atoms with van der Waals surface area (Å²) in [5.74, 6) is 1.96. The maximum atomic E-state index is 12.6. The number of urea groups is 1. The lowest BCUT2D eigenvalue weighted by atomic mass is 10.0. The van der Waals surface area contributed by atoms with Gasteiger partial charge in [-0.25, -0.2) is 14.8 Å². The van der Waals surface area contributed by atoms with E-state index in [1.807, 2.05) is 17.2 Å². The number of likely N-dealkylation sites (tertiary alicyclic amines) is 1. The molecule has 1 unspecified atom stereocenters. The Hall–Kier alpha value is -3.17. The number of anilines is 2. The van der Waals surface area contributed by atoms with Gasteiger partial charge in [0, 0.05) is 43.9 Å². The fourth-order valence-corrected chi connectivity index (χ4v) is 6.09. The molecule has 3 atom stereocenters. The average Bonchev–Trinajstić information content (AvgIpc) is 3.58. The van der Waals surface area contributed by atoms with Gasteiger partial charge in [-0.05, 0) is 30.7 Å². The van der Waals surface area contributed by atoms with Gasteiger partial charge < -0.3 is 19.5 Å². The first kappa shape index (κ1) is 27.9. The number of nitrogens with one attached hydrogen (secondary N) is 2. The number of amides is 2. The first-order valence-electron chi connectivity index (χ1n) is 10.9. The quantitative estimate of drug-likeness (QED) is 0.290. The van der Waals surface area contributed by atoms with Gasteiger partial charge in [0.1, 0.15) is 17.8 Å². The van der Waals surface area contributed by atoms with Crippen LogP contribution < -0.4 is 15.0 Å². The summed E-state index contributed by atoms with van der Waals surface area (Å²) >= 11 is 1.12. The largest absolute Gasteiger partial charge is 0.466 e.